The van der Waals surface area contributed by atoms with E-state index in [1.54, 1.807) is 0 Å². The number of hydrogen-bond donors (Lipinski definition) is 1. The zero-order valence-electron chi connectivity index (χ0n) is 8.66. The van der Waals surface area contributed by atoms with Crippen LogP contribution in [0.15, 0.2) is 30.3 Å². The molecule has 1 aromatic carbocycles. The largest absolute Gasteiger partial charge is 0.369 e. The number of primary amides is 1. The van der Waals surface area contributed by atoms with Gasteiger partial charge in [-0.2, -0.15) is 0 Å². The SMILES string of the molecule is NC(=O)C(CCCCBr)c1ccccc1. The highest BCUT2D eigenvalue weighted by molar-refractivity contribution is 9.09. The molecule has 0 radical (unpaired) electrons. The van der Waals surface area contributed by atoms with Crippen LogP contribution in [0.4, 0.5) is 0 Å². The van der Waals surface area contributed by atoms with Gasteiger partial charge in [0.1, 0.15) is 0 Å². The summed E-state index contributed by atoms with van der Waals surface area (Å²) in [6.07, 6.45) is 2.94. The van der Waals surface area contributed by atoms with Crippen LogP contribution in [-0.2, 0) is 4.79 Å². The zero-order chi connectivity index (χ0) is 11.1. The van der Waals surface area contributed by atoms with Gasteiger partial charge in [-0.3, -0.25) is 4.79 Å². The normalized spacial score (nSPS) is 12.3. The maximum atomic E-state index is 11.3. The number of unbranched alkanes of at least 4 members (excludes halogenated alkanes) is 1. The molecule has 15 heavy (non-hydrogen) atoms. The van der Waals surface area contributed by atoms with Crippen molar-refractivity contribution in [2.75, 3.05) is 5.33 Å². The second kappa shape index (κ2) is 6.62. The van der Waals surface area contributed by atoms with E-state index >= 15 is 0 Å². The first kappa shape index (κ1) is 12.2. The fourth-order valence-corrected chi connectivity index (χ4v) is 2.00. The molecule has 0 aliphatic carbocycles. The molecule has 0 saturated heterocycles. The monoisotopic (exact) mass is 269 g/mol. The topological polar surface area (TPSA) is 43.1 Å². The van der Waals surface area contributed by atoms with Gasteiger partial charge in [-0.15, -0.1) is 0 Å². The molecule has 0 aromatic heterocycles. The number of carbonyl (C=O) groups excluding carboxylic acids is 1. The molecule has 0 aliphatic heterocycles. The first-order chi connectivity index (χ1) is 7.25. The molecule has 0 saturated carbocycles. The van der Waals surface area contributed by atoms with E-state index in [1.165, 1.54) is 0 Å². The van der Waals surface area contributed by atoms with Crippen molar-refractivity contribution in [3.05, 3.63) is 35.9 Å². The lowest BCUT2D eigenvalue weighted by molar-refractivity contribution is -0.119. The molecule has 2 nitrogen and oxygen atoms in total. The number of rotatable bonds is 6. The molecule has 0 spiro atoms. The predicted octanol–water partition coefficient (Wildman–Crippen LogP) is 2.82. The minimum absolute atomic E-state index is 0.134. The molecular formula is C12H16BrNO. The van der Waals surface area contributed by atoms with Gasteiger partial charge in [0, 0.05) is 5.33 Å². The Kier molecular flexibility index (Phi) is 5.40. The summed E-state index contributed by atoms with van der Waals surface area (Å²) >= 11 is 3.38. The fourth-order valence-electron chi connectivity index (χ4n) is 1.60. The van der Waals surface area contributed by atoms with Gasteiger partial charge in [0.2, 0.25) is 5.91 Å². The second-order valence-corrected chi connectivity index (χ2v) is 4.34. The van der Waals surface area contributed by atoms with Crippen molar-refractivity contribution in [1.29, 1.82) is 0 Å². The van der Waals surface area contributed by atoms with E-state index < -0.39 is 0 Å². The van der Waals surface area contributed by atoms with E-state index in [0.29, 0.717) is 0 Å². The number of halogens is 1. The number of alkyl halides is 1. The van der Waals surface area contributed by atoms with Gasteiger partial charge in [0.15, 0.2) is 0 Å². The number of nitrogens with two attached hydrogens (primary N) is 1. The van der Waals surface area contributed by atoms with Crippen molar-refractivity contribution in [2.24, 2.45) is 5.73 Å². The van der Waals surface area contributed by atoms with Crippen LogP contribution in [0.3, 0.4) is 0 Å². The van der Waals surface area contributed by atoms with Gasteiger partial charge in [-0.05, 0) is 18.4 Å². The highest BCUT2D eigenvalue weighted by Gasteiger charge is 2.16. The smallest absolute Gasteiger partial charge is 0.224 e. The van der Waals surface area contributed by atoms with Crippen LogP contribution in [0.1, 0.15) is 30.7 Å². The average molecular weight is 270 g/mol. The third-order valence-electron chi connectivity index (χ3n) is 2.42. The lowest BCUT2D eigenvalue weighted by Gasteiger charge is -2.12. The molecule has 1 amide bonds. The van der Waals surface area contributed by atoms with Crippen LogP contribution in [0.5, 0.6) is 0 Å². The third-order valence-corrected chi connectivity index (χ3v) is 2.98. The van der Waals surface area contributed by atoms with Crippen molar-refractivity contribution in [3.8, 4) is 0 Å². The van der Waals surface area contributed by atoms with Crippen LogP contribution >= 0.6 is 15.9 Å². The van der Waals surface area contributed by atoms with Crippen LogP contribution in [-0.4, -0.2) is 11.2 Å². The van der Waals surface area contributed by atoms with Crippen LogP contribution in [0.25, 0.3) is 0 Å². The van der Waals surface area contributed by atoms with Gasteiger partial charge < -0.3 is 5.73 Å². The summed E-state index contributed by atoms with van der Waals surface area (Å²) in [4.78, 5) is 11.3. The third kappa shape index (κ3) is 4.04. The summed E-state index contributed by atoms with van der Waals surface area (Å²) in [5, 5.41) is 0.979. The van der Waals surface area contributed by atoms with Gasteiger partial charge in [0.05, 0.1) is 5.92 Å². The average Bonchev–Trinajstić information content (AvgIpc) is 2.25. The van der Waals surface area contributed by atoms with Crippen LogP contribution in [0.2, 0.25) is 0 Å². The minimum Gasteiger partial charge on any atom is -0.369 e. The van der Waals surface area contributed by atoms with Gasteiger partial charge in [0.25, 0.3) is 0 Å². The van der Waals surface area contributed by atoms with E-state index in [9.17, 15) is 4.79 Å². The highest BCUT2D eigenvalue weighted by Crippen LogP contribution is 2.21. The number of benzene rings is 1. The molecule has 82 valence electrons. The Bertz CT molecular complexity index is 300. The van der Waals surface area contributed by atoms with Crippen molar-refractivity contribution in [2.45, 2.75) is 25.2 Å². The molecule has 2 N–H and O–H groups in total. The summed E-state index contributed by atoms with van der Waals surface area (Å²) in [6, 6.07) is 9.75. The summed E-state index contributed by atoms with van der Waals surface area (Å²) < 4.78 is 0. The lowest BCUT2D eigenvalue weighted by atomic mass is 9.93. The van der Waals surface area contributed by atoms with Gasteiger partial charge in [-0.25, -0.2) is 0 Å². The highest BCUT2D eigenvalue weighted by atomic mass is 79.9. The van der Waals surface area contributed by atoms with Crippen LogP contribution in [0, 0.1) is 0 Å². The van der Waals surface area contributed by atoms with Crippen LogP contribution < -0.4 is 5.73 Å². The Morgan fingerprint density at radius 2 is 1.93 bits per heavy atom. The Balaban J connectivity index is 2.62. The maximum Gasteiger partial charge on any atom is 0.224 e. The van der Waals surface area contributed by atoms with Crippen molar-refractivity contribution in [1.82, 2.24) is 0 Å². The predicted molar refractivity (Wildman–Crippen MR) is 66.0 cm³/mol. The first-order valence-electron chi connectivity index (χ1n) is 5.16. The summed E-state index contributed by atoms with van der Waals surface area (Å²) in [5.74, 6) is -0.360. The molecule has 1 aromatic rings. The number of amides is 1. The van der Waals surface area contributed by atoms with E-state index in [4.69, 9.17) is 5.73 Å². The Hall–Kier alpha value is -0.830. The molecule has 0 bridgehead atoms. The summed E-state index contributed by atoms with van der Waals surface area (Å²) in [6.45, 7) is 0. The van der Waals surface area contributed by atoms with E-state index in [2.05, 4.69) is 15.9 Å². The van der Waals surface area contributed by atoms with E-state index in [0.717, 1.165) is 30.2 Å². The van der Waals surface area contributed by atoms with Gasteiger partial charge in [-0.1, -0.05) is 52.7 Å². The quantitative estimate of drug-likeness (QED) is 0.627. The van der Waals surface area contributed by atoms with E-state index in [1.807, 2.05) is 30.3 Å². The maximum absolute atomic E-state index is 11.3. The van der Waals surface area contributed by atoms with Gasteiger partial charge >= 0.3 is 0 Å². The standard InChI is InChI=1S/C12H16BrNO/c13-9-5-4-8-11(12(14)15)10-6-2-1-3-7-10/h1-3,6-7,11H,4-5,8-9H2,(H2,14,15). The van der Waals surface area contributed by atoms with Crippen molar-refractivity contribution in [3.63, 3.8) is 0 Å². The summed E-state index contributed by atoms with van der Waals surface area (Å²) in [5.41, 5.74) is 6.43. The molecule has 0 fully saturated rings. The molecule has 1 unspecified atom stereocenters. The summed E-state index contributed by atoms with van der Waals surface area (Å²) in [7, 11) is 0. The van der Waals surface area contributed by atoms with Crippen molar-refractivity contribution >= 4 is 21.8 Å². The van der Waals surface area contributed by atoms with Crippen molar-refractivity contribution < 1.29 is 4.79 Å². The molecular weight excluding hydrogens is 254 g/mol. The zero-order valence-corrected chi connectivity index (χ0v) is 10.2. The Labute approximate surface area is 99.0 Å². The number of carbonyl (C=O) groups is 1. The molecule has 3 heteroatoms. The minimum atomic E-state index is -0.226. The first-order valence-corrected chi connectivity index (χ1v) is 6.28. The molecule has 0 aliphatic rings. The molecule has 1 rings (SSSR count). The second-order valence-electron chi connectivity index (χ2n) is 3.55. The molecule has 0 heterocycles. The Morgan fingerprint density at radius 3 is 2.47 bits per heavy atom. The number of hydrogen-bond acceptors (Lipinski definition) is 1. The lowest BCUT2D eigenvalue weighted by Crippen LogP contribution is -2.21. The fraction of sp³-hybridized carbons (Fsp3) is 0.417. The Morgan fingerprint density at radius 1 is 1.27 bits per heavy atom. The molecule has 1 atom stereocenters. The van der Waals surface area contributed by atoms with E-state index in [-0.39, 0.29) is 11.8 Å².